The summed E-state index contributed by atoms with van der Waals surface area (Å²) in [6.45, 7) is 1.77. The zero-order chi connectivity index (χ0) is 10.8. The molecule has 0 radical (unpaired) electrons. The summed E-state index contributed by atoms with van der Waals surface area (Å²) in [5, 5.41) is 7.95. The zero-order valence-electron chi connectivity index (χ0n) is 8.60. The molecule has 15 heavy (non-hydrogen) atoms. The predicted octanol–water partition coefficient (Wildman–Crippen LogP) is 1.14. The van der Waals surface area contributed by atoms with Gasteiger partial charge < -0.3 is 4.42 Å². The Labute approximate surface area is 86.7 Å². The van der Waals surface area contributed by atoms with Crippen LogP contribution in [-0.4, -0.2) is 20.8 Å². The molecule has 0 N–H and O–H groups in total. The summed E-state index contributed by atoms with van der Waals surface area (Å²) in [4.78, 5) is 13.2. The molecule has 2 aromatic heterocycles. The Bertz CT molecular complexity index is 484. The minimum absolute atomic E-state index is 0.00162. The lowest BCUT2D eigenvalue weighted by atomic mass is 10.1. The van der Waals surface area contributed by atoms with Gasteiger partial charge in [0.15, 0.2) is 5.78 Å². The fourth-order valence-electron chi connectivity index (χ4n) is 1.40. The van der Waals surface area contributed by atoms with E-state index in [-0.39, 0.29) is 12.2 Å². The highest BCUT2D eigenvalue weighted by molar-refractivity contribution is 5.98. The number of hydrogen-bond donors (Lipinski definition) is 0. The van der Waals surface area contributed by atoms with Gasteiger partial charge in [0.1, 0.15) is 5.76 Å². The van der Waals surface area contributed by atoms with Crippen LogP contribution in [0.4, 0.5) is 0 Å². The van der Waals surface area contributed by atoms with Crippen LogP contribution in [0.25, 0.3) is 0 Å². The van der Waals surface area contributed by atoms with Crippen LogP contribution in [-0.2, 0) is 13.5 Å². The summed E-state index contributed by atoms with van der Waals surface area (Å²) >= 11 is 0. The van der Waals surface area contributed by atoms with Gasteiger partial charge in [-0.15, -0.1) is 0 Å². The zero-order valence-corrected chi connectivity index (χ0v) is 8.60. The molecule has 2 rings (SSSR count). The molecule has 0 aliphatic carbocycles. The van der Waals surface area contributed by atoms with Gasteiger partial charge in [0, 0.05) is 7.05 Å². The molecule has 0 aliphatic heterocycles. The lowest BCUT2D eigenvalue weighted by Gasteiger charge is -1.95. The van der Waals surface area contributed by atoms with E-state index in [1.54, 1.807) is 26.2 Å². The van der Waals surface area contributed by atoms with E-state index in [0.717, 1.165) is 0 Å². The largest absolute Gasteiger partial charge is 0.469 e. The molecule has 0 unspecified atom stereocenters. The highest BCUT2D eigenvalue weighted by Gasteiger charge is 2.13. The first-order chi connectivity index (χ1) is 7.16. The second kappa shape index (κ2) is 3.68. The van der Waals surface area contributed by atoms with Crippen LogP contribution in [0.5, 0.6) is 0 Å². The van der Waals surface area contributed by atoms with E-state index < -0.39 is 0 Å². The lowest BCUT2D eigenvalue weighted by Crippen LogP contribution is -2.04. The Kier molecular flexibility index (Phi) is 2.37. The van der Waals surface area contributed by atoms with Gasteiger partial charge in [0.05, 0.1) is 30.1 Å². The topological polar surface area (TPSA) is 60.9 Å². The molecule has 0 saturated heterocycles. The average Bonchev–Trinajstić information content (AvgIpc) is 2.75. The van der Waals surface area contributed by atoms with Crippen LogP contribution >= 0.6 is 0 Å². The molecule has 5 nitrogen and oxygen atoms in total. The van der Waals surface area contributed by atoms with Gasteiger partial charge in [-0.25, -0.2) is 0 Å². The van der Waals surface area contributed by atoms with E-state index in [0.29, 0.717) is 17.0 Å². The van der Waals surface area contributed by atoms with Crippen molar-refractivity contribution in [3.63, 3.8) is 0 Å². The maximum Gasteiger partial charge on any atom is 0.172 e. The Balaban J connectivity index is 2.14. The van der Waals surface area contributed by atoms with E-state index in [2.05, 4.69) is 10.2 Å². The summed E-state index contributed by atoms with van der Waals surface area (Å²) in [6, 6.07) is 1.67. The molecule has 0 atom stereocenters. The molecule has 0 aliphatic rings. The number of ketones is 1. The molecular weight excluding hydrogens is 194 g/mol. The number of Topliss-reactive ketones (excluding diaryl/α,β-unsaturated/α-hetero) is 1. The van der Waals surface area contributed by atoms with Crippen LogP contribution in [0.1, 0.15) is 21.8 Å². The third kappa shape index (κ3) is 1.96. The fourth-order valence-corrected chi connectivity index (χ4v) is 1.40. The number of hydrogen-bond acceptors (Lipinski definition) is 4. The molecule has 2 aromatic rings. The summed E-state index contributed by atoms with van der Waals surface area (Å²) in [6.07, 6.45) is 3.36. The van der Waals surface area contributed by atoms with Gasteiger partial charge in [0.25, 0.3) is 0 Å². The van der Waals surface area contributed by atoms with Crippen LogP contribution < -0.4 is 0 Å². The Morgan fingerprint density at radius 3 is 2.93 bits per heavy atom. The van der Waals surface area contributed by atoms with E-state index in [1.807, 2.05) is 0 Å². The number of aryl methyl sites for hydroxylation is 2. The van der Waals surface area contributed by atoms with Crippen molar-refractivity contribution in [2.75, 3.05) is 0 Å². The number of rotatable bonds is 3. The molecule has 0 aromatic carbocycles. The fraction of sp³-hybridized carbons (Fsp3) is 0.300. The standard InChI is InChI=1S/C10H11N3O2/c1-7-9(3-4-15-7)10(14)5-8-6-11-13(2)12-8/h3-4,6H,5H2,1-2H3. The van der Waals surface area contributed by atoms with Crippen molar-refractivity contribution in [2.24, 2.45) is 7.05 Å². The van der Waals surface area contributed by atoms with Crippen LogP contribution in [0.15, 0.2) is 22.9 Å². The van der Waals surface area contributed by atoms with Crippen LogP contribution in [0.2, 0.25) is 0 Å². The minimum atomic E-state index is 0.00162. The van der Waals surface area contributed by atoms with Crippen molar-refractivity contribution in [3.8, 4) is 0 Å². The van der Waals surface area contributed by atoms with Gasteiger partial charge in [-0.05, 0) is 13.0 Å². The molecule has 78 valence electrons. The summed E-state index contributed by atoms with van der Waals surface area (Å²) in [7, 11) is 1.72. The van der Waals surface area contributed by atoms with E-state index in [1.165, 1.54) is 11.1 Å². The Hall–Kier alpha value is -1.91. The number of furan rings is 1. The van der Waals surface area contributed by atoms with E-state index in [9.17, 15) is 4.79 Å². The second-order valence-corrected chi connectivity index (χ2v) is 3.32. The molecule has 0 fully saturated rings. The van der Waals surface area contributed by atoms with E-state index in [4.69, 9.17) is 4.42 Å². The normalized spacial score (nSPS) is 10.5. The van der Waals surface area contributed by atoms with Gasteiger partial charge >= 0.3 is 0 Å². The first-order valence-corrected chi connectivity index (χ1v) is 4.59. The average molecular weight is 205 g/mol. The minimum Gasteiger partial charge on any atom is -0.469 e. The van der Waals surface area contributed by atoms with Gasteiger partial charge in [-0.1, -0.05) is 0 Å². The highest BCUT2D eigenvalue weighted by atomic mass is 16.3. The van der Waals surface area contributed by atoms with Gasteiger partial charge in [-0.3, -0.25) is 4.79 Å². The molecule has 0 saturated carbocycles. The summed E-state index contributed by atoms with van der Waals surface area (Å²) in [5.74, 6) is 0.644. The van der Waals surface area contributed by atoms with Crippen molar-refractivity contribution < 1.29 is 9.21 Å². The molecule has 0 amide bonds. The predicted molar refractivity (Wildman–Crippen MR) is 52.5 cm³/mol. The summed E-state index contributed by atoms with van der Waals surface area (Å²) < 4.78 is 5.07. The monoisotopic (exact) mass is 205 g/mol. The maximum atomic E-state index is 11.8. The summed E-state index contributed by atoms with van der Waals surface area (Å²) in [5.41, 5.74) is 1.28. The van der Waals surface area contributed by atoms with Crippen molar-refractivity contribution in [1.29, 1.82) is 0 Å². The lowest BCUT2D eigenvalue weighted by molar-refractivity contribution is 0.0990. The molecule has 5 heteroatoms. The number of nitrogens with zero attached hydrogens (tertiary/aromatic N) is 3. The molecule has 0 bridgehead atoms. The molecule has 0 spiro atoms. The van der Waals surface area contributed by atoms with Gasteiger partial charge in [0.2, 0.25) is 0 Å². The quantitative estimate of drug-likeness (QED) is 0.705. The van der Waals surface area contributed by atoms with Crippen molar-refractivity contribution >= 4 is 5.78 Å². The van der Waals surface area contributed by atoms with Crippen molar-refractivity contribution in [3.05, 3.63) is 35.5 Å². The van der Waals surface area contributed by atoms with Crippen molar-refractivity contribution in [1.82, 2.24) is 15.0 Å². The maximum absolute atomic E-state index is 11.8. The first-order valence-electron chi connectivity index (χ1n) is 4.59. The number of aromatic nitrogens is 3. The molecule has 2 heterocycles. The van der Waals surface area contributed by atoms with Crippen LogP contribution in [0.3, 0.4) is 0 Å². The Morgan fingerprint density at radius 1 is 1.60 bits per heavy atom. The smallest absolute Gasteiger partial charge is 0.172 e. The second-order valence-electron chi connectivity index (χ2n) is 3.32. The third-order valence-corrected chi connectivity index (χ3v) is 2.15. The SMILES string of the molecule is Cc1occc1C(=O)Cc1cnn(C)n1. The Morgan fingerprint density at radius 2 is 2.40 bits per heavy atom. The van der Waals surface area contributed by atoms with Crippen molar-refractivity contribution in [2.45, 2.75) is 13.3 Å². The number of carbonyl (C=O) groups excluding carboxylic acids is 1. The highest BCUT2D eigenvalue weighted by Crippen LogP contribution is 2.11. The van der Waals surface area contributed by atoms with E-state index >= 15 is 0 Å². The number of carbonyl (C=O) groups is 1. The van der Waals surface area contributed by atoms with Gasteiger partial charge in [-0.2, -0.15) is 15.0 Å². The first kappa shape index (κ1) is 9.64. The molecular formula is C10H11N3O2. The third-order valence-electron chi connectivity index (χ3n) is 2.15. The van der Waals surface area contributed by atoms with Crippen LogP contribution in [0, 0.1) is 6.92 Å².